The number of allylic oxidation sites excluding steroid dienone is 1. The molecule has 0 radical (unpaired) electrons. The number of amides is 4. The van der Waals surface area contributed by atoms with Crippen molar-refractivity contribution in [2.24, 2.45) is 17.8 Å². The fraction of sp³-hybridized carbons (Fsp3) is 0.615. The lowest BCUT2D eigenvalue weighted by Crippen LogP contribution is -2.59. The number of aromatic nitrogens is 1. The largest absolute Gasteiger partial charge is 0.497 e. The van der Waals surface area contributed by atoms with Gasteiger partial charge in [-0.3, -0.25) is 19.1 Å². The summed E-state index contributed by atoms with van der Waals surface area (Å²) in [4.78, 5) is 62.1. The van der Waals surface area contributed by atoms with E-state index in [1.807, 2.05) is 19.9 Å². The second kappa shape index (κ2) is 15.6. The van der Waals surface area contributed by atoms with Crippen LogP contribution in [-0.2, 0) is 29.1 Å². The molecule has 1 aromatic heterocycles. The number of rotatable bonds is 8. The van der Waals surface area contributed by atoms with Crippen LogP contribution in [-0.4, -0.2) is 96.5 Å². The molecule has 14 nitrogen and oxygen atoms in total. The molecule has 4 aliphatic rings. The minimum Gasteiger partial charge on any atom is -0.497 e. The van der Waals surface area contributed by atoms with E-state index in [0.29, 0.717) is 35.8 Å². The Balaban J connectivity index is 1.36. The standard InChI is InChI=1S/C39H51ClFN5O9S/c1-22-9-7-8-10-25-19-39(25,35(49)45-56(51,52)38(21-41)13-14-38)44-32(47)29-18-27(54-33-28-12-11-26(53-6)16-24(28)17-30(40)42-33)20-46(29)34(48)31(23(2)15-22)43-36(50)55-37(3,4)5/h8,10-12,16-17,22-23,25,27,29,31H,7,9,13-15,18-21H2,1-6H3,(H,43,50)(H,44,47)(H,45,49)/b10-8-/t22-,23+,25+,27+,29-,31-,39+/m0/s1. The van der Waals surface area contributed by atoms with Gasteiger partial charge >= 0.3 is 6.09 Å². The Bertz CT molecular complexity index is 2020. The van der Waals surface area contributed by atoms with Crippen LogP contribution in [0.1, 0.15) is 79.6 Å². The van der Waals surface area contributed by atoms with Gasteiger partial charge in [0.05, 0.1) is 13.7 Å². The van der Waals surface area contributed by atoms with Crippen LogP contribution in [0.15, 0.2) is 36.4 Å². The summed E-state index contributed by atoms with van der Waals surface area (Å²) in [6.07, 6.45) is 4.18. The van der Waals surface area contributed by atoms with Crippen LogP contribution in [0.5, 0.6) is 11.6 Å². The Morgan fingerprint density at radius 2 is 1.88 bits per heavy atom. The number of carbonyl (C=O) groups excluding carboxylic acids is 4. The first-order valence-electron chi connectivity index (χ1n) is 19.0. The highest BCUT2D eigenvalue weighted by Gasteiger charge is 2.64. The third-order valence-corrected chi connectivity index (χ3v) is 13.5. The van der Waals surface area contributed by atoms with Gasteiger partial charge in [-0.25, -0.2) is 22.6 Å². The number of hydrogen-bond donors (Lipinski definition) is 3. The molecule has 2 saturated carbocycles. The Hall–Kier alpha value is -4.18. The summed E-state index contributed by atoms with van der Waals surface area (Å²) in [5.74, 6) is -2.34. The van der Waals surface area contributed by atoms with Crippen LogP contribution in [0.25, 0.3) is 10.8 Å². The van der Waals surface area contributed by atoms with E-state index in [1.165, 1.54) is 12.0 Å². The van der Waals surface area contributed by atoms with Gasteiger partial charge < -0.3 is 29.7 Å². The number of methoxy groups -OCH3 is 1. The van der Waals surface area contributed by atoms with Crippen LogP contribution in [0.2, 0.25) is 5.15 Å². The number of carbonyl (C=O) groups is 4. The molecule has 306 valence electrons. The maximum Gasteiger partial charge on any atom is 0.408 e. The van der Waals surface area contributed by atoms with E-state index < -0.39 is 86.4 Å². The highest BCUT2D eigenvalue weighted by molar-refractivity contribution is 7.91. The van der Waals surface area contributed by atoms with Crippen molar-refractivity contribution in [2.75, 3.05) is 20.3 Å². The molecule has 2 aromatic rings. The molecule has 0 unspecified atom stereocenters. The number of halogens is 2. The molecule has 0 spiro atoms. The van der Waals surface area contributed by atoms with Crippen molar-refractivity contribution in [3.8, 4) is 11.6 Å². The Morgan fingerprint density at radius 1 is 1.14 bits per heavy atom. The fourth-order valence-corrected chi connectivity index (χ4v) is 9.35. The summed E-state index contributed by atoms with van der Waals surface area (Å²) in [6, 6.07) is 4.59. The summed E-state index contributed by atoms with van der Waals surface area (Å²) in [7, 11) is -2.86. The van der Waals surface area contributed by atoms with Crippen molar-refractivity contribution in [1.82, 2.24) is 25.2 Å². The summed E-state index contributed by atoms with van der Waals surface area (Å²) in [5.41, 5.74) is -2.52. The normalized spacial score (nSPS) is 29.8. The summed E-state index contributed by atoms with van der Waals surface area (Å²) >= 11 is 6.40. The zero-order valence-electron chi connectivity index (χ0n) is 32.5. The number of alkyl carbamates (subject to hydrolysis) is 1. The second-order valence-corrected chi connectivity index (χ2v) is 19.3. The van der Waals surface area contributed by atoms with E-state index in [1.54, 1.807) is 51.1 Å². The maximum absolute atomic E-state index is 14.8. The van der Waals surface area contributed by atoms with Crippen molar-refractivity contribution in [3.63, 3.8) is 0 Å². The lowest BCUT2D eigenvalue weighted by molar-refractivity contribution is -0.142. The van der Waals surface area contributed by atoms with Crippen LogP contribution < -0.4 is 24.8 Å². The lowest BCUT2D eigenvalue weighted by Gasteiger charge is -2.33. The van der Waals surface area contributed by atoms with Crippen LogP contribution in [0, 0.1) is 17.8 Å². The first-order valence-corrected chi connectivity index (χ1v) is 20.9. The monoisotopic (exact) mass is 819 g/mol. The number of sulfonamides is 1. The van der Waals surface area contributed by atoms with E-state index in [9.17, 15) is 32.0 Å². The first-order chi connectivity index (χ1) is 26.3. The van der Waals surface area contributed by atoms with E-state index in [-0.39, 0.29) is 49.2 Å². The first kappa shape index (κ1) is 41.5. The van der Waals surface area contributed by atoms with Gasteiger partial charge in [0, 0.05) is 17.7 Å². The van der Waals surface area contributed by atoms with Gasteiger partial charge in [-0.2, -0.15) is 0 Å². The van der Waals surface area contributed by atoms with Crippen LogP contribution in [0.3, 0.4) is 0 Å². The van der Waals surface area contributed by atoms with Gasteiger partial charge in [0.15, 0.2) is 0 Å². The molecule has 7 atom stereocenters. The number of nitrogens with one attached hydrogen (secondary N) is 3. The summed E-state index contributed by atoms with van der Waals surface area (Å²) in [6.45, 7) is 7.79. The quantitative estimate of drug-likeness (QED) is 0.243. The van der Waals surface area contributed by atoms with Gasteiger partial charge in [-0.15, -0.1) is 0 Å². The summed E-state index contributed by atoms with van der Waals surface area (Å²) in [5, 5.41) is 7.02. The highest BCUT2D eigenvalue weighted by Crippen LogP contribution is 2.48. The molecule has 17 heteroatoms. The Labute approximate surface area is 331 Å². The molecule has 3 fully saturated rings. The van der Waals surface area contributed by atoms with Crippen LogP contribution >= 0.6 is 11.6 Å². The van der Waals surface area contributed by atoms with Gasteiger partial charge in [-0.1, -0.05) is 37.6 Å². The Kier molecular flexibility index (Phi) is 11.6. The number of pyridine rings is 1. The fourth-order valence-electron chi connectivity index (χ4n) is 7.73. The predicted molar refractivity (Wildman–Crippen MR) is 206 cm³/mol. The van der Waals surface area contributed by atoms with E-state index in [2.05, 4.69) is 20.3 Å². The smallest absolute Gasteiger partial charge is 0.408 e. The number of alkyl halides is 1. The molecular weight excluding hydrogens is 769 g/mol. The third kappa shape index (κ3) is 8.70. The van der Waals surface area contributed by atoms with Crippen molar-refractivity contribution < 1.29 is 46.2 Å². The van der Waals surface area contributed by atoms with Gasteiger partial charge in [-0.05, 0) is 101 Å². The average Bonchev–Trinajstić information content (AvgIpc) is 4.02. The minimum absolute atomic E-state index is 0.0468. The van der Waals surface area contributed by atoms with Crippen LogP contribution in [0.4, 0.5) is 9.18 Å². The molecule has 56 heavy (non-hydrogen) atoms. The minimum atomic E-state index is -4.40. The van der Waals surface area contributed by atoms with Gasteiger partial charge in [0.25, 0.3) is 5.91 Å². The molecule has 0 bridgehead atoms. The summed E-state index contributed by atoms with van der Waals surface area (Å²) < 4.78 is 57.9. The van der Waals surface area contributed by atoms with Crippen molar-refractivity contribution in [1.29, 1.82) is 0 Å². The lowest BCUT2D eigenvalue weighted by atomic mass is 9.88. The zero-order valence-corrected chi connectivity index (χ0v) is 34.1. The SMILES string of the molecule is COc1ccc2c(O[C@@H]3C[C@H]4C(=O)N[C@]5(C(=O)NS(=O)(=O)C6(CF)CC6)C[C@H]5/C=C\CC[C@H](C)C[C@@H](C)[C@H](NC(=O)OC(C)(C)C)C(=O)N4C3)nc(Cl)cc2c1. The third-order valence-electron chi connectivity index (χ3n) is 11.2. The van der Waals surface area contributed by atoms with E-state index in [0.717, 1.165) is 0 Å². The number of nitrogens with zero attached hydrogens (tertiary/aromatic N) is 2. The van der Waals surface area contributed by atoms with Crippen molar-refractivity contribution in [2.45, 2.75) is 114 Å². The topological polar surface area (TPSA) is 182 Å². The zero-order chi connectivity index (χ0) is 40.8. The molecule has 1 saturated heterocycles. The van der Waals surface area contributed by atoms with E-state index >= 15 is 0 Å². The Morgan fingerprint density at radius 3 is 2.54 bits per heavy atom. The highest BCUT2D eigenvalue weighted by atomic mass is 35.5. The molecule has 6 rings (SSSR count). The molecule has 1 aromatic carbocycles. The predicted octanol–water partition coefficient (Wildman–Crippen LogP) is 4.97. The maximum atomic E-state index is 14.8. The number of hydrogen-bond acceptors (Lipinski definition) is 10. The second-order valence-electron chi connectivity index (χ2n) is 16.8. The molecule has 2 aliphatic carbocycles. The molecular formula is C39H51ClFN5O9S. The number of fused-ring (bicyclic) bond motifs is 3. The van der Waals surface area contributed by atoms with Gasteiger partial charge in [0.1, 0.15) is 51.7 Å². The molecule has 3 heterocycles. The molecule has 4 amide bonds. The van der Waals surface area contributed by atoms with Crippen molar-refractivity contribution in [3.05, 3.63) is 41.6 Å². The van der Waals surface area contributed by atoms with Crippen molar-refractivity contribution >= 4 is 56.2 Å². The number of benzene rings is 1. The number of ether oxygens (including phenoxy) is 3. The molecule has 2 aliphatic heterocycles. The van der Waals surface area contributed by atoms with E-state index in [4.69, 9.17) is 25.8 Å². The van der Waals surface area contributed by atoms with Gasteiger partial charge in [0.2, 0.25) is 27.7 Å². The molecule has 3 N–H and O–H groups in total. The average molecular weight is 820 g/mol.